The summed E-state index contributed by atoms with van der Waals surface area (Å²) in [5.41, 5.74) is 0.183. The zero-order valence-electron chi connectivity index (χ0n) is 9.35. The van der Waals surface area contributed by atoms with Crippen LogP contribution in [-0.2, 0) is 0 Å². The van der Waals surface area contributed by atoms with Crippen molar-refractivity contribution in [2.45, 2.75) is 26.2 Å². The van der Waals surface area contributed by atoms with Gasteiger partial charge >= 0.3 is 5.97 Å². The van der Waals surface area contributed by atoms with Crippen molar-refractivity contribution in [3.05, 3.63) is 42.2 Å². The molecule has 0 fully saturated rings. The van der Waals surface area contributed by atoms with E-state index in [0.717, 1.165) is 19.3 Å². The van der Waals surface area contributed by atoms with Crippen LogP contribution in [0.15, 0.2) is 36.6 Å². The zero-order valence-corrected chi connectivity index (χ0v) is 9.35. The van der Waals surface area contributed by atoms with E-state index in [1.54, 1.807) is 24.5 Å². The molecule has 3 heteroatoms. The van der Waals surface area contributed by atoms with Crippen molar-refractivity contribution in [1.29, 1.82) is 0 Å². The number of carbonyl (C=O) groups is 1. The number of rotatable bonds is 6. The predicted octanol–water partition coefficient (Wildman–Crippen LogP) is 3.47. The van der Waals surface area contributed by atoms with Crippen LogP contribution in [0, 0.1) is 0 Å². The maximum Gasteiger partial charge on any atom is 0.339 e. The number of unbranched alkanes of at least 4 members (excludes halogenated alkanes) is 2. The molecular weight excluding hydrogens is 204 g/mol. The van der Waals surface area contributed by atoms with Crippen LogP contribution in [0.1, 0.15) is 36.5 Å². The number of para-hydroxylation sites is 1. The van der Waals surface area contributed by atoms with E-state index >= 15 is 0 Å². The normalized spacial score (nSPS) is 10.6. The Kier molecular flexibility index (Phi) is 5.12. The molecule has 0 atom stereocenters. The average Bonchev–Trinajstić information content (AvgIpc) is 2.29. The van der Waals surface area contributed by atoms with Gasteiger partial charge in [0.15, 0.2) is 0 Å². The van der Waals surface area contributed by atoms with Crippen LogP contribution in [0.3, 0.4) is 0 Å². The molecule has 0 aromatic heterocycles. The second kappa shape index (κ2) is 6.67. The van der Waals surface area contributed by atoms with Crippen molar-refractivity contribution >= 4 is 5.97 Å². The van der Waals surface area contributed by atoms with Crippen LogP contribution in [0.5, 0.6) is 5.75 Å². The molecular formula is C13H16O3. The van der Waals surface area contributed by atoms with Crippen LogP contribution in [0.2, 0.25) is 0 Å². The second-order valence-electron chi connectivity index (χ2n) is 3.43. The van der Waals surface area contributed by atoms with Gasteiger partial charge in [-0.2, -0.15) is 0 Å². The minimum absolute atomic E-state index is 0.183. The number of carboxylic acid groups (broad SMARTS) is 1. The Labute approximate surface area is 95.4 Å². The second-order valence-corrected chi connectivity index (χ2v) is 3.43. The summed E-state index contributed by atoms with van der Waals surface area (Å²) in [6, 6.07) is 6.60. The molecule has 0 saturated carbocycles. The minimum Gasteiger partial charge on any atom is -0.478 e. The molecule has 0 bridgehead atoms. The lowest BCUT2D eigenvalue weighted by Gasteiger charge is -2.03. The first-order valence-electron chi connectivity index (χ1n) is 5.39. The van der Waals surface area contributed by atoms with Gasteiger partial charge < -0.3 is 9.84 Å². The van der Waals surface area contributed by atoms with E-state index in [4.69, 9.17) is 9.84 Å². The van der Waals surface area contributed by atoms with E-state index in [1.165, 1.54) is 6.07 Å². The first kappa shape index (κ1) is 12.3. The summed E-state index contributed by atoms with van der Waals surface area (Å²) in [4.78, 5) is 10.9. The molecule has 0 aliphatic rings. The molecule has 1 N–H and O–H groups in total. The Bertz CT molecular complexity index is 369. The number of ether oxygens (including phenoxy) is 1. The third-order valence-corrected chi connectivity index (χ3v) is 2.13. The van der Waals surface area contributed by atoms with E-state index in [1.807, 2.05) is 6.08 Å². The fourth-order valence-corrected chi connectivity index (χ4v) is 1.26. The highest BCUT2D eigenvalue weighted by Crippen LogP contribution is 2.17. The Morgan fingerprint density at radius 2 is 2.19 bits per heavy atom. The van der Waals surface area contributed by atoms with Crippen molar-refractivity contribution in [3.63, 3.8) is 0 Å². The highest BCUT2D eigenvalue weighted by Gasteiger charge is 2.08. The van der Waals surface area contributed by atoms with Gasteiger partial charge in [-0.25, -0.2) is 4.79 Å². The summed E-state index contributed by atoms with van der Waals surface area (Å²) in [6.45, 7) is 2.12. The van der Waals surface area contributed by atoms with Crippen molar-refractivity contribution in [2.75, 3.05) is 0 Å². The van der Waals surface area contributed by atoms with E-state index in [0.29, 0.717) is 5.75 Å². The maximum atomic E-state index is 10.9. The van der Waals surface area contributed by atoms with Gasteiger partial charge in [-0.15, -0.1) is 0 Å². The molecule has 0 unspecified atom stereocenters. The van der Waals surface area contributed by atoms with Gasteiger partial charge in [-0.05, 0) is 31.1 Å². The van der Waals surface area contributed by atoms with Gasteiger partial charge in [-0.3, -0.25) is 0 Å². The van der Waals surface area contributed by atoms with Crippen LogP contribution < -0.4 is 4.74 Å². The molecule has 0 heterocycles. The van der Waals surface area contributed by atoms with Gasteiger partial charge in [0.2, 0.25) is 0 Å². The van der Waals surface area contributed by atoms with Gasteiger partial charge in [-0.1, -0.05) is 25.5 Å². The number of hydrogen-bond donors (Lipinski definition) is 1. The molecule has 0 saturated heterocycles. The number of carboxylic acids is 1. The first-order chi connectivity index (χ1) is 7.75. The standard InChI is InChI=1S/C13H16O3/c1-2-3-4-7-10-16-12-9-6-5-8-11(12)13(14)15/h5-10H,2-4H2,1H3,(H,14,15)/b10-7+. The Hall–Kier alpha value is -1.77. The van der Waals surface area contributed by atoms with Crippen LogP contribution in [0.25, 0.3) is 0 Å². The molecule has 0 spiro atoms. The van der Waals surface area contributed by atoms with Crippen LogP contribution in [-0.4, -0.2) is 11.1 Å². The Morgan fingerprint density at radius 3 is 2.88 bits per heavy atom. The summed E-state index contributed by atoms with van der Waals surface area (Å²) in [5.74, 6) is -0.597. The highest BCUT2D eigenvalue weighted by atomic mass is 16.5. The van der Waals surface area contributed by atoms with Crippen molar-refractivity contribution in [3.8, 4) is 5.75 Å². The van der Waals surface area contributed by atoms with Gasteiger partial charge in [0, 0.05) is 0 Å². The van der Waals surface area contributed by atoms with Gasteiger partial charge in [0.05, 0.1) is 6.26 Å². The summed E-state index contributed by atoms with van der Waals surface area (Å²) in [6.07, 6.45) is 6.65. The van der Waals surface area contributed by atoms with Crippen molar-refractivity contribution in [1.82, 2.24) is 0 Å². The smallest absolute Gasteiger partial charge is 0.339 e. The Morgan fingerprint density at radius 1 is 1.44 bits per heavy atom. The quantitative estimate of drug-likeness (QED) is 0.589. The predicted molar refractivity (Wildman–Crippen MR) is 62.7 cm³/mol. The highest BCUT2D eigenvalue weighted by molar-refractivity contribution is 5.90. The van der Waals surface area contributed by atoms with Crippen LogP contribution in [0.4, 0.5) is 0 Å². The molecule has 3 nitrogen and oxygen atoms in total. The molecule has 1 aromatic rings. The van der Waals surface area contributed by atoms with Crippen molar-refractivity contribution < 1.29 is 14.6 Å². The minimum atomic E-state index is -0.974. The Balaban J connectivity index is 2.59. The lowest BCUT2D eigenvalue weighted by molar-refractivity contribution is 0.0694. The SMILES string of the molecule is CCCC/C=C/Oc1ccccc1C(=O)O. The fraction of sp³-hybridized carbons (Fsp3) is 0.308. The van der Waals surface area contributed by atoms with E-state index in [-0.39, 0.29) is 5.56 Å². The number of aromatic carboxylic acids is 1. The molecule has 1 rings (SSSR count). The maximum absolute atomic E-state index is 10.9. The van der Waals surface area contributed by atoms with E-state index < -0.39 is 5.97 Å². The molecule has 0 radical (unpaired) electrons. The zero-order chi connectivity index (χ0) is 11.8. The third kappa shape index (κ3) is 3.77. The molecule has 16 heavy (non-hydrogen) atoms. The first-order valence-corrected chi connectivity index (χ1v) is 5.39. The lowest BCUT2D eigenvalue weighted by Crippen LogP contribution is -1.99. The van der Waals surface area contributed by atoms with E-state index in [9.17, 15) is 4.79 Å². The summed E-state index contributed by atoms with van der Waals surface area (Å²) in [5, 5.41) is 8.90. The molecule has 0 amide bonds. The van der Waals surface area contributed by atoms with Crippen molar-refractivity contribution in [2.24, 2.45) is 0 Å². The number of hydrogen-bond acceptors (Lipinski definition) is 2. The lowest BCUT2D eigenvalue weighted by atomic mass is 10.2. The van der Waals surface area contributed by atoms with E-state index in [2.05, 4.69) is 6.92 Å². The van der Waals surface area contributed by atoms with Gasteiger partial charge in [0.1, 0.15) is 11.3 Å². The summed E-state index contributed by atoms with van der Waals surface area (Å²) >= 11 is 0. The monoisotopic (exact) mass is 220 g/mol. The van der Waals surface area contributed by atoms with Gasteiger partial charge in [0.25, 0.3) is 0 Å². The average molecular weight is 220 g/mol. The fourth-order valence-electron chi connectivity index (χ4n) is 1.26. The number of benzene rings is 1. The number of allylic oxidation sites excluding steroid dienone is 1. The molecule has 86 valence electrons. The largest absolute Gasteiger partial charge is 0.478 e. The van der Waals surface area contributed by atoms with Crippen LogP contribution >= 0.6 is 0 Å². The molecule has 0 aliphatic heterocycles. The summed E-state index contributed by atoms with van der Waals surface area (Å²) in [7, 11) is 0. The molecule has 0 aliphatic carbocycles. The topological polar surface area (TPSA) is 46.5 Å². The summed E-state index contributed by atoms with van der Waals surface area (Å²) < 4.78 is 5.28. The molecule has 1 aromatic carbocycles. The third-order valence-electron chi connectivity index (χ3n) is 2.13.